The number of hydrogen-bond donors (Lipinski definition) is 4. The van der Waals surface area contributed by atoms with Gasteiger partial charge in [0.2, 0.25) is 0 Å². The molecule has 0 spiro atoms. The van der Waals surface area contributed by atoms with Gasteiger partial charge in [0.05, 0.1) is 11.0 Å². The molecule has 0 aliphatic rings. The van der Waals surface area contributed by atoms with Crippen molar-refractivity contribution in [2.24, 2.45) is 5.73 Å². The van der Waals surface area contributed by atoms with Crippen LogP contribution in [0.1, 0.15) is 45.5 Å². The molecule has 40 heavy (non-hydrogen) atoms. The van der Waals surface area contributed by atoms with E-state index in [1.807, 2.05) is 90.1 Å². The van der Waals surface area contributed by atoms with Gasteiger partial charge in [0, 0.05) is 52.7 Å². The number of anilines is 2. The van der Waals surface area contributed by atoms with Crippen LogP contribution in [0.3, 0.4) is 0 Å². The van der Waals surface area contributed by atoms with Crippen LogP contribution < -0.4 is 21.7 Å². The van der Waals surface area contributed by atoms with Crippen LogP contribution in [-0.4, -0.2) is 47.3 Å². The number of carbonyl (C=O) groups excluding carboxylic acids is 1. The number of fused-ring (bicyclic) bond motifs is 2. The lowest BCUT2D eigenvalue weighted by molar-refractivity contribution is 0.0526. The molecule has 9 heteroatoms. The summed E-state index contributed by atoms with van der Waals surface area (Å²) in [6.07, 6.45) is 0.581. The molecule has 1 unspecified atom stereocenters. The molecule has 1 amide bonds. The summed E-state index contributed by atoms with van der Waals surface area (Å²) in [6.45, 7) is 13.6. The van der Waals surface area contributed by atoms with Crippen LogP contribution in [0, 0.1) is 13.8 Å². The van der Waals surface area contributed by atoms with Gasteiger partial charge in [-0.25, -0.2) is 4.79 Å². The number of carbonyl (C=O) groups is 1. The summed E-state index contributed by atoms with van der Waals surface area (Å²) >= 11 is 0. The van der Waals surface area contributed by atoms with E-state index < -0.39 is 11.7 Å². The SMILES string of the molecule is Cc1cc(NC(C)CNC(=O)OC(C)(C)C)c2ccccc2n1.Cc1cc(NCCCN)c2ccccc2n1.Cl. The normalized spacial score (nSPS) is 11.6. The summed E-state index contributed by atoms with van der Waals surface area (Å²) in [5.41, 5.74) is 11.2. The third-order valence-electron chi connectivity index (χ3n) is 5.74. The van der Waals surface area contributed by atoms with Crippen molar-refractivity contribution in [3.8, 4) is 0 Å². The first-order valence-electron chi connectivity index (χ1n) is 13.5. The van der Waals surface area contributed by atoms with E-state index in [-0.39, 0.29) is 18.4 Å². The first-order valence-corrected chi connectivity index (χ1v) is 13.5. The van der Waals surface area contributed by atoms with Gasteiger partial charge in [0.25, 0.3) is 0 Å². The van der Waals surface area contributed by atoms with E-state index in [9.17, 15) is 4.79 Å². The Kier molecular flexibility index (Phi) is 12.4. The van der Waals surface area contributed by atoms with Crippen LogP contribution in [0.2, 0.25) is 0 Å². The van der Waals surface area contributed by atoms with Crippen LogP contribution >= 0.6 is 12.4 Å². The molecule has 0 aliphatic carbocycles. The van der Waals surface area contributed by atoms with E-state index in [1.165, 1.54) is 5.39 Å². The number of nitrogens with zero attached hydrogens (tertiary/aromatic N) is 2. The number of aryl methyl sites for hydroxylation is 2. The second kappa shape index (κ2) is 15.2. The van der Waals surface area contributed by atoms with E-state index in [1.54, 1.807) is 0 Å². The minimum atomic E-state index is -0.487. The second-order valence-corrected chi connectivity index (χ2v) is 10.7. The fourth-order valence-electron chi connectivity index (χ4n) is 4.07. The molecule has 2 aromatic carbocycles. The number of nitrogens with two attached hydrogens (primary N) is 1. The predicted molar refractivity (Wildman–Crippen MR) is 170 cm³/mol. The van der Waals surface area contributed by atoms with E-state index >= 15 is 0 Å². The summed E-state index contributed by atoms with van der Waals surface area (Å²) in [4.78, 5) is 20.7. The monoisotopic (exact) mass is 566 g/mol. The molecule has 0 aliphatic heterocycles. The standard InChI is InChI=1S/C18H25N3O2.C13H17N3.ClH/c1-12-10-16(14-8-6-7-9-15(14)20-12)21-13(2)11-19-17(22)23-18(3,4)5;1-10-9-13(15-8-4-7-14)11-5-2-3-6-12(11)16-10;/h6-10,13H,11H2,1-5H3,(H,19,22)(H,20,21);2-3,5-6,9H,4,7-8,14H2,1H3,(H,15,16);1H. The molecule has 0 saturated carbocycles. The number of alkyl carbamates (subject to hydrolysis) is 1. The molecule has 5 N–H and O–H groups in total. The van der Waals surface area contributed by atoms with Crippen LogP contribution in [0.15, 0.2) is 60.7 Å². The highest BCUT2D eigenvalue weighted by Gasteiger charge is 2.16. The highest BCUT2D eigenvalue weighted by Crippen LogP contribution is 2.24. The molecule has 0 bridgehead atoms. The fraction of sp³-hybridized carbons (Fsp3) is 0.387. The summed E-state index contributed by atoms with van der Waals surface area (Å²) in [7, 11) is 0. The Morgan fingerprint density at radius 1 is 0.925 bits per heavy atom. The molecule has 2 aromatic heterocycles. The Labute approximate surface area is 243 Å². The lowest BCUT2D eigenvalue weighted by Crippen LogP contribution is -2.38. The maximum absolute atomic E-state index is 11.7. The molecule has 0 radical (unpaired) electrons. The largest absolute Gasteiger partial charge is 0.444 e. The van der Waals surface area contributed by atoms with E-state index in [2.05, 4.69) is 38.1 Å². The lowest BCUT2D eigenvalue weighted by atomic mass is 10.1. The third kappa shape index (κ3) is 10.2. The Hall–Kier alpha value is -3.62. The Bertz CT molecular complexity index is 1390. The van der Waals surface area contributed by atoms with E-state index in [4.69, 9.17) is 10.5 Å². The Morgan fingerprint density at radius 2 is 1.45 bits per heavy atom. The number of rotatable bonds is 8. The lowest BCUT2D eigenvalue weighted by Gasteiger charge is -2.22. The van der Waals surface area contributed by atoms with Crippen LogP contribution in [0.4, 0.5) is 16.2 Å². The highest BCUT2D eigenvalue weighted by atomic mass is 35.5. The van der Waals surface area contributed by atoms with Crippen molar-refractivity contribution >= 4 is 51.7 Å². The third-order valence-corrected chi connectivity index (χ3v) is 5.74. The molecular weight excluding hydrogens is 524 g/mol. The average Bonchev–Trinajstić information content (AvgIpc) is 2.87. The first-order chi connectivity index (χ1) is 18.6. The number of halogens is 1. The number of para-hydroxylation sites is 2. The topological polar surface area (TPSA) is 114 Å². The minimum Gasteiger partial charge on any atom is -0.444 e. The smallest absolute Gasteiger partial charge is 0.407 e. The molecule has 216 valence electrons. The molecule has 8 nitrogen and oxygen atoms in total. The van der Waals surface area contributed by atoms with Crippen molar-refractivity contribution in [2.45, 2.75) is 59.6 Å². The average molecular weight is 567 g/mol. The van der Waals surface area contributed by atoms with Crippen molar-refractivity contribution in [3.63, 3.8) is 0 Å². The van der Waals surface area contributed by atoms with Gasteiger partial charge in [0.1, 0.15) is 5.60 Å². The fourth-order valence-corrected chi connectivity index (χ4v) is 4.07. The number of hydrogen-bond acceptors (Lipinski definition) is 7. The zero-order chi connectivity index (χ0) is 28.4. The van der Waals surface area contributed by atoms with E-state index in [0.29, 0.717) is 6.54 Å². The molecule has 4 rings (SSSR count). The Morgan fingerprint density at radius 3 is 2.00 bits per heavy atom. The summed E-state index contributed by atoms with van der Waals surface area (Å²) in [5, 5.41) is 11.9. The first kappa shape index (κ1) is 32.6. The van der Waals surface area contributed by atoms with Crippen molar-refractivity contribution in [1.29, 1.82) is 0 Å². The highest BCUT2D eigenvalue weighted by molar-refractivity contribution is 5.92. The number of pyridine rings is 2. The van der Waals surface area contributed by atoms with Crippen LogP contribution in [0.25, 0.3) is 21.8 Å². The van der Waals surface area contributed by atoms with Gasteiger partial charge in [0.15, 0.2) is 0 Å². The quantitative estimate of drug-likeness (QED) is 0.178. The maximum atomic E-state index is 11.7. The zero-order valence-corrected chi connectivity index (χ0v) is 25.2. The Balaban J connectivity index is 0.000000290. The predicted octanol–water partition coefficient (Wildman–Crippen LogP) is 6.59. The van der Waals surface area contributed by atoms with Crippen molar-refractivity contribution < 1.29 is 9.53 Å². The van der Waals surface area contributed by atoms with Gasteiger partial charge < -0.3 is 26.4 Å². The van der Waals surface area contributed by atoms with Gasteiger partial charge in [-0.05, 0) is 78.8 Å². The van der Waals surface area contributed by atoms with Gasteiger partial charge in [-0.2, -0.15) is 0 Å². The molecule has 4 aromatic rings. The van der Waals surface area contributed by atoms with Crippen molar-refractivity contribution in [1.82, 2.24) is 15.3 Å². The number of aromatic nitrogens is 2. The zero-order valence-electron chi connectivity index (χ0n) is 24.4. The van der Waals surface area contributed by atoms with Gasteiger partial charge in [-0.3, -0.25) is 9.97 Å². The second-order valence-electron chi connectivity index (χ2n) is 10.7. The minimum absolute atomic E-state index is 0. The van der Waals surface area contributed by atoms with Gasteiger partial charge in [-0.1, -0.05) is 36.4 Å². The molecule has 0 fully saturated rings. The molecule has 1 atom stereocenters. The summed E-state index contributed by atoms with van der Waals surface area (Å²) < 4.78 is 5.24. The number of benzene rings is 2. The maximum Gasteiger partial charge on any atom is 0.407 e. The molecule has 0 saturated heterocycles. The molecule has 2 heterocycles. The van der Waals surface area contributed by atoms with Crippen molar-refractivity contribution in [2.75, 3.05) is 30.3 Å². The summed E-state index contributed by atoms with van der Waals surface area (Å²) in [6, 6.07) is 20.3. The van der Waals surface area contributed by atoms with Crippen LogP contribution in [-0.2, 0) is 4.74 Å². The number of nitrogens with one attached hydrogen (secondary N) is 3. The number of amides is 1. The van der Waals surface area contributed by atoms with Gasteiger partial charge in [-0.15, -0.1) is 12.4 Å². The summed E-state index contributed by atoms with van der Waals surface area (Å²) in [5.74, 6) is 0. The van der Waals surface area contributed by atoms with Crippen LogP contribution in [0.5, 0.6) is 0 Å². The molecular formula is C31H43ClN6O2. The van der Waals surface area contributed by atoms with Gasteiger partial charge >= 0.3 is 6.09 Å². The number of ether oxygens (including phenoxy) is 1. The van der Waals surface area contributed by atoms with Crippen molar-refractivity contribution in [3.05, 3.63) is 72.1 Å². The van der Waals surface area contributed by atoms with E-state index in [0.717, 1.165) is 58.7 Å².